The number of hydrogen-bond acceptors (Lipinski definition) is 2. The van der Waals surface area contributed by atoms with Gasteiger partial charge in [0.05, 0.1) is 12.0 Å². The fourth-order valence-corrected chi connectivity index (χ4v) is 3.87. The minimum absolute atomic E-state index is 0.0437. The van der Waals surface area contributed by atoms with E-state index in [-0.39, 0.29) is 5.97 Å². The summed E-state index contributed by atoms with van der Waals surface area (Å²) >= 11 is 0. The summed E-state index contributed by atoms with van der Waals surface area (Å²) in [4.78, 5) is 12.6. The predicted molar refractivity (Wildman–Crippen MR) is 121 cm³/mol. The second-order valence-corrected chi connectivity index (χ2v) is 8.92. The molecule has 0 aromatic heterocycles. The number of ether oxygens (including phenoxy) is 1. The van der Waals surface area contributed by atoms with Gasteiger partial charge in [-0.05, 0) is 44.6 Å². The van der Waals surface area contributed by atoms with Gasteiger partial charge in [-0.3, -0.25) is 4.79 Å². The molecule has 0 N–H and O–H groups in total. The number of benzene rings is 1. The summed E-state index contributed by atoms with van der Waals surface area (Å²) in [7, 11) is 0. The van der Waals surface area contributed by atoms with Crippen LogP contribution in [0.4, 0.5) is 0 Å². The van der Waals surface area contributed by atoms with Gasteiger partial charge >= 0.3 is 5.97 Å². The smallest absolute Gasteiger partial charge is 0.311 e. The van der Waals surface area contributed by atoms with Crippen LogP contribution in [0, 0.1) is 5.41 Å². The highest BCUT2D eigenvalue weighted by molar-refractivity contribution is 5.76. The van der Waals surface area contributed by atoms with E-state index in [1.807, 2.05) is 19.9 Å². The molecule has 0 bridgehead atoms. The molecule has 0 spiro atoms. The highest BCUT2D eigenvalue weighted by Crippen LogP contribution is 2.34. The van der Waals surface area contributed by atoms with Gasteiger partial charge in [-0.1, -0.05) is 102 Å². The van der Waals surface area contributed by atoms with Crippen molar-refractivity contribution >= 4 is 5.97 Å². The lowest BCUT2D eigenvalue weighted by atomic mass is 9.79. The summed E-state index contributed by atoms with van der Waals surface area (Å²) < 4.78 is 5.62. The van der Waals surface area contributed by atoms with Crippen LogP contribution in [0.1, 0.15) is 116 Å². The zero-order valence-corrected chi connectivity index (χ0v) is 19.0. The van der Waals surface area contributed by atoms with Crippen LogP contribution in [0.25, 0.3) is 0 Å². The molecule has 0 radical (unpaired) electrons. The van der Waals surface area contributed by atoms with Crippen LogP contribution < -0.4 is 0 Å². The van der Waals surface area contributed by atoms with E-state index < -0.39 is 5.41 Å². The summed E-state index contributed by atoms with van der Waals surface area (Å²) in [6.07, 6.45) is 14.8. The Kier molecular flexibility index (Phi) is 12.9. The Hall–Kier alpha value is -1.31. The predicted octanol–water partition coefficient (Wildman–Crippen LogP) is 8.06. The van der Waals surface area contributed by atoms with Crippen LogP contribution in [-0.4, -0.2) is 12.6 Å². The molecule has 0 aliphatic carbocycles. The standard InChI is InChI=1S/C26H44O2/c1-5-7-8-9-10-11-12-13-14-18-21-28-25(27)26(3,4)22-23(6-2)24-19-16-15-17-20-24/h15-17,19-20,23H,5-14,18,21-22H2,1-4H3. The zero-order chi connectivity index (χ0) is 20.7. The van der Waals surface area contributed by atoms with Crippen LogP contribution in [0.3, 0.4) is 0 Å². The Morgan fingerprint density at radius 3 is 1.93 bits per heavy atom. The van der Waals surface area contributed by atoms with E-state index in [2.05, 4.69) is 38.1 Å². The van der Waals surface area contributed by atoms with E-state index in [9.17, 15) is 4.79 Å². The molecular formula is C26H44O2. The molecule has 0 aliphatic heterocycles. The van der Waals surface area contributed by atoms with E-state index in [1.54, 1.807) is 0 Å². The van der Waals surface area contributed by atoms with Crippen LogP contribution in [0.5, 0.6) is 0 Å². The number of unbranched alkanes of at least 4 members (excludes halogenated alkanes) is 9. The molecule has 160 valence electrons. The van der Waals surface area contributed by atoms with Gasteiger partial charge in [0.2, 0.25) is 0 Å². The maximum Gasteiger partial charge on any atom is 0.311 e. The van der Waals surface area contributed by atoms with Crippen molar-refractivity contribution in [2.75, 3.05) is 6.61 Å². The third kappa shape index (κ3) is 10.3. The van der Waals surface area contributed by atoms with Gasteiger partial charge in [-0.2, -0.15) is 0 Å². The van der Waals surface area contributed by atoms with Gasteiger partial charge in [-0.15, -0.1) is 0 Å². The number of carbonyl (C=O) groups excluding carboxylic acids is 1. The maximum atomic E-state index is 12.6. The third-order valence-electron chi connectivity index (χ3n) is 5.80. The second kappa shape index (κ2) is 14.7. The molecule has 0 saturated carbocycles. The molecule has 0 aliphatic rings. The minimum atomic E-state index is -0.436. The second-order valence-electron chi connectivity index (χ2n) is 8.92. The Labute approximate surface area is 174 Å². The number of carbonyl (C=O) groups is 1. The summed E-state index contributed by atoms with van der Waals surface area (Å²) in [5.41, 5.74) is 0.884. The maximum absolute atomic E-state index is 12.6. The fourth-order valence-electron chi connectivity index (χ4n) is 3.87. The van der Waals surface area contributed by atoms with E-state index >= 15 is 0 Å². The lowest BCUT2D eigenvalue weighted by Gasteiger charge is -2.27. The summed E-state index contributed by atoms with van der Waals surface area (Å²) in [5, 5.41) is 0. The average Bonchev–Trinajstić information content (AvgIpc) is 2.70. The molecule has 2 nitrogen and oxygen atoms in total. The number of rotatable bonds is 16. The molecular weight excluding hydrogens is 344 g/mol. The lowest BCUT2D eigenvalue weighted by Crippen LogP contribution is -2.29. The first-order valence-corrected chi connectivity index (χ1v) is 11.7. The molecule has 1 aromatic rings. The summed E-state index contributed by atoms with van der Waals surface area (Å²) in [5.74, 6) is 0.360. The van der Waals surface area contributed by atoms with Crippen molar-refractivity contribution in [1.82, 2.24) is 0 Å². The Bertz CT molecular complexity index is 506. The topological polar surface area (TPSA) is 26.3 Å². The highest BCUT2D eigenvalue weighted by atomic mass is 16.5. The first-order valence-electron chi connectivity index (χ1n) is 11.7. The normalized spacial score (nSPS) is 12.7. The molecule has 1 aromatic carbocycles. The van der Waals surface area contributed by atoms with Crippen molar-refractivity contribution in [2.24, 2.45) is 5.41 Å². The van der Waals surface area contributed by atoms with Crippen LogP contribution in [0.2, 0.25) is 0 Å². The van der Waals surface area contributed by atoms with Crippen molar-refractivity contribution in [3.05, 3.63) is 35.9 Å². The molecule has 28 heavy (non-hydrogen) atoms. The van der Waals surface area contributed by atoms with Crippen molar-refractivity contribution in [2.45, 2.75) is 111 Å². The van der Waals surface area contributed by atoms with Crippen molar-refractivity contribution in [3.8, 4) is 0 Å². The van der Waals surface area contributed by atoms with Crippen LogP contribution in [-0.2, 0) is 9.53 Å². The Balaban J connectivity index is 2.18. The monoisotopic (exact) mass is 388 g/mol. The highest BCUT2D eigenvalue weighted by Gasteiger charge is 2.32. The molecule has 1 atom stereocenters. The SMILES string of the molecule is CCCCCCCCCCCCOC(=O)C(C)(C)CC(CC)c1ccccc1. The first-order chi connectivity index (χ1) is 13.5. The van der Waals surface area contributed by atoms with E-state index in [1.165, 1.54) is 63.4 Å². The van der Waals surface area contributed by atoms with Crippen LogP contribution in [0.15, 0.2) is 30.3 Å². The molecule has 1 unspecified atom stereocenters. The Morgan fingerprint density at radius 2 is 1.39 bits per heavy atom. The lowest BCUT2D eigenvalue weighted by molar-refractivity contribution is -0.154. The third-order valence-corrected chi connectivity index (χ3v) is 5.80. The molecule has 2 heteroatoms. The number of hydrogen-bond donors (Lipinski definition) is 0. The molecule has 0 amide bonds. The quantitative estimate of drug-likeness (QED) is 0.211. The van der Waals surface area contributed by atoms with Gasteiger partial charge < -0.3 is 4.74 Å². The van der Waals surface area contributed by atoms with Crippen molar-refractivity contribution in [1.29, 1.82) is 0 Å². The summed E-state index contributed by atoms with van der Waals surface area (Å²) in [6, 6.07) is 10.5. The van der Waals surface area contributed by atoms with E-state index in [4.69, 9.17) is 4.74 Å². The van der Waals surface area contributed by atoms with E-state index in [0.29, 0.717) is 12.5 Å². The summed E-state index contributed by atoms with van der Waals surface area (Å²) in [6.45, 7) is 9.09. The first kappa shape index (κ1) is 24.7. The van der Waals surface area contributed by atoms with Gasteiger partial charge in [0.1, 0.15) is 0 Å². The van der Waals surface area contributed by atoms with Crippen molar-refractivity contribution < 1.29 is 9.53 Å². The Morgan fingerprint density at radius 1 is 0.857 bits per heavy atom. The minimum Gasteiger partial charge on any atom is -0.465 e. The fraction of sp³-hybridized carbons (Fsp3) is 0.731. The molecule has 1 rings (SSSR count). The van der Waals surface area contributed by atoms with Gasteiger partial charge in [0, 0.05) is 0 Å². The van der Waals surface area contributed by atoms with Crippen molar-refractivity contribution in [3.63, 3.8) is 0 Å². The number of esters is 1. The van der Waals surface area contributed by atoms with E-state index in [0.717, 1.165) is 19.3 Å². The molecule has 0 fully saturated rings. The van der Waals surface area contributed by atoms with Crippen LogP contribution >= 0.6 is 0 Å². The average molecular weight is 389 g/mol. The largest absolute Gasteiger partial charge is 0.465 e. The molecule has 0 saturated heterocycles. The van der Waals surface area contributed by atoms with Gasteiger partial charge in [-0.25, -0.2) is 0 Å². The van der Waals surface area contributed by atoms with Gasteiger partial charge in [0.25, 0.3) is 0 Å². The van der Waals surface area contributed by atoms with Gasteiger partial charge in [0.15, 0.2) is 0 Å². The zero-order valence-electron chi connectivity index (χ0n) is 19.0. The molecule has 0 heterocycles.